The van der Waals surface area contributed by atoms with Crippen molar-refractivity contribution in [3.8, 4) is 6.07 Å². The third-order valence-electron chi connectivity index (χ3n) is 3.13. The normalized spacial score (nSPS) is 21.1. The lowest BCUT2D eigenvalue weighted by atomic mass is 10.0. The second-order valence-corrected chi connectivity index (χ2v) is 4.77. The van der Waals surface area contributed by atoms with Gasteiger partial charge in [-0.2, -0.15) is 5.26 Å². The first-order valence-corrected chi connectivity index (χ1v) is 6.16. The van der Waals surface area contributed by atoms with Gasteiger partial charge >= 0.3 is 0 Å². The van der Waals surface area contributed by atoms with Crippen molar-refractivity contribution in [2.75, 3.05) is 6.54 Å². The molecule has 0 aliphatic carbocycles. The molecule has 17 heavy (non-hydrogen) atoms. The molecule has 0 radical (unpaired) electrons. The third kappa shape index (κ3) is 2.96. The third-order valence-corrected chi connectivity index (χ3v) is 3.44. The predicted molar refractivity (Wildman–Crippen MR) is 65.1 cm³/mol. The van der Waals surface area contributed by atoms with Crippen molar-refractivity contribution in [3.63, 3.8) is 0 Å². The minimum Gasteiger partial charge on any atom is -0.284 e. The highest BCUT2D eigenvalue weighted by atomic mass is 35.5. The van der Waals surface area contributed by atoms with Crippen molar-refractivity contribution >= 4 is 11.6 Å². The first-order valence-electron chi connectivity index (χ1n) is 5.78. The van der Waals surface area contributed by atoms with E-state index in [1.54, 1.807) is 6.07 Å². The fourth-order valence-electron chi connectivity index (χ4n) is 2.20. The molecule has 0 amide bonds. The summed E-state index contributed by atoms with van der Waals surface area (Å²) in [6.45, 7) is 1.52. The largest absolute Gasteiger partial charge is 0.284 e. The van der Waals surface area contributed by atoms with Gasteiger partial charge in [0.1, 0.15) is 5.82 Å². The lowest BCUT2D eigenvalue weighted by Gasteiger charge is -2.31. The lowest BCUT2D eigenvalue weighted by molar-refractivity contribution is 0.176. The van der Waals surface area contributed by atoms with Crippen molar-refractivity contribution in [1.29, 1.82) is 5.26 Å². The van der Waals surface area contributed by atoms with E-state index >= 15 is 0 Å². The standard InChI is InChI=1S/C13H14ClFN2/c14-12-5-4-10(7-13(12)15)9-17-6-2-1-3-11(17)8-16/h4-5,7,11H,1-3,6,9H2. The van der Waals surface area contributed by atoms with Gasteiger partial charge in [0.2, 0.25) is 0 Å². The summed E-state index contributed by atoms with van der Waals surface area (Å²) in [5.74, 6) is -0.394. The fourth-order valence-corrected chi connectivity index (χ4v) is 2.32. The van der Waals surface area contributed by atoms with E-state index < -0.39 is 5.82 Å². The van der Waals surface area contributed by atoms with Crippen LogP contribution in [0, 0.1) is 17.1 Å². The number of likely N-dealkylation sites (tertiary alicyclic amines) is 1. The quantitative estimate of drug-likeness (QED) is 0.807. The second-order valence-electron chi connectivity index (χ2n) is 4.36. The Hall–Kier alpha value is -1.11. The average molecular weight is 253 g/mol. The molecule has 1 heterocycles. The zero-order valence-corrected chi connectivity index (χ0v) is 10.3. The van der Waals surface area contributed by atoms with Gasteiger partial charge in [-0.3, -0.25) is 4.90 Å². The van der Waals surface area contributed by atoms with Crippen LogP contribution in [0.3, 0.4) is 0 Å². The molecule has 0 N–H and O–H groups in total. The number of nitrogens with zero attached hydrogens (tertiary/aromatic N) is 2. The molecule has 0 bridgehead atoms. The summed E-state index contributed by atoms with van der Waals surface area (Å²) in [4.78, 5) is 2.10. The van der Waals surface area contributed by atoms with Gasteiger partial charge in [-0.1, -0.05) is 17.7 Å². The SMILES string of the molecule is N#CC1CCCCN1Cc1ccc(Cl)c(F)c1. The van der Waals surface area contributed by atoms with Crippen LogP contribution in [0.5, 0.6) is 0 Å². The number of nitriles is 1. The molecule has 0 aromatic heterocycles. The first-order chi connectivity index (χ1) is 8.20. The van der Waals surface area contributed by atoms with Crippen LogP contribution in [0.4, 0.5) is 4.39 Å². The second kappa shape index (κ2) is 5.48. The van der Waals surface area contributed by atoms with Crippen LogP contribution in [0.15, 0.2) is 18.2 Å². The Kier molecular flexibility index (Phi) is 3.98. The Morgan fingerprint density at radius 1 is 1.47 bits per heavy atom. The van der Waals surface area contributed by atoms with Crippen molar-refractivity contribution in [1.82, 2.24) is 4.90 Å². The summed E-state index contributed by atoms with van der Waals surface area (Å²) in [6, 6.07) is 7.10. The lowest BCUT2D eigenvalue weighted by Crippen LogP contribution is -2.37. The van der Waals surface area contributed by atoms with Gasteiger partial charge in [0.25, 0.3) is 0 Å². The number of rotatable bonds is 2. The van der Waals surface area contributed by atoms with Crippen LogP contribution in [0.1, 0.15) is 24.8 Å². The molecule has 1 unspecified atom stereocenters. The maximum Gasteiger partial charge on any atom is 0.142 e. The van der Waals surface area contributed by atoms with E-state index in [4.69, 9.17) is 16.9 Å². The number of benzene rings is 1. The number of hydrogen-bond acceptors (Lipinski definition) is 2. The Labute approximate surface area is 106 Å². The molecular weight excluding hydrogens is 239 g/mol. The predicted octanol–water partition coefficient (Wildman–Crippen LogP) is 3.36. The summed E-state index contributed by atoms with van der Waals surface area (Å²) in [5.41, 5.74) is 0.869. The van der Waals surface area contributed by atoms with Gasteiger partial charge in [0.15, 0.2) is 0 Å². The highest BCUT2D eigenvalue weighted by Gasteiger charge is 2.21. The van der Waals surface area contributed by atoms with Crippen molar-refractivity contribution in [2.24, 2.45) is 0 Å². The van der Waals surface area contributed by atoms with E-state index in [0.717, 1.165) is 31.4 Å². The summed E-state index contributed by atoms with van der Waals surface area (Å²) < 4.78 is 13.3. The molecular formula is C13H14ClFN2. The first kappa shape index (κ1) is 12.3. The molecule has 1 fully saturated rings. The molecule has 1 aliphatic heterocycles. The van der Waals surface area contributed by atoms with Gasteiger partial charge in [-0.25, -0.2) is 4.39 Å². The fraction of sp³-hybridized carbons (Fsp3) is 0.462. The molecule has 1 aliphatic rings. The van der Waals surface area contributed by atoms with E-state index in [9.17, 15) is 4.39 Å². The molecule has 90 valence electrons. The van der Waals surface area contributed by atoms with E-state index in [1.165, 1.54) is 6.07 Å². The number of halogens is 2. The summed E-state index contributed by atoms with van der Waals surface area (Å²) in [7, 11) is 0. The molecule has 0 saturated carbocycles. The van der Waals surface area contributed by atoms with Crippen LogP contribution in [-0.4, -0.2) is 17.5 Å². The topological polar surface area (TPSA) is 27.0 Å². The molecule has 4 heteroatoms. The Balaban J connectivity index is 2.09. The van der Waals surface area contributed by atoms with Crippen molar-refractivity contribution in [2.45, 2.75) is 31.8 Å². The van der Waals surface area contributed by atoms with Gasteiger partial charge in [-0.05, 0) is 43.5 Å². The van der Waals surface area contributed by atoms with E-state index in [-0.39, 0.29) is 11.1 Å². The molecule has 1 atom stereocenters. The summed E-state index contributed by atoms with van der Waals surface area (Å²) in [5, 5.41) is 9.19. The van der Waals surface area contributed by atoms with Crippen LogP contribution in [0.2, 0.25) is 5.02 Å². The highest BCUT2D eigenvalue weighted by Crippen LogP contribution is 2.21. The highest BCUT2D eigenvalue weighted by molar-refractivity contribution is 6.30. The van der Waals surface area contributed by atoms with Crippen LogP contribution in [0.25, 0.3) is 0 Å². The number of piperidine rings is 1. The smallest absolute Gasteiger partial charge is 0.142 e. The zero-order valence-electron chi connectivity index (χ0n) is 9.50. The molecule has 1 aromatic carbocycles. The minimum atomic E-state index is -0.394. The van der Waals surface area contributed by atoms with Gasteiger partial charge in [0.05, 0.1) is 17.1 Å². The maximum atomic E-state index is 13.3. The van der Waals surface area contributed by atoms with Crippen molar-refractivity contribution < 1.29 is 4.39 Å². The van der Waals surface area contributed by atoms with Gasteiger partial charge < -0.3 is 0 Å². The van der Waals surface area contributed by atoms with Gasteiger partial charge in [0, 0.05) is 6.54 Å². The Morgan fingerprint density at radius 3 is 3.00 bits per heavy atom. The molecule has 0 spiro atoms. The molecule has 1 aromatic rings. The monoisotopic (exact) mass is 252 g/mol. The maximum absolute atomic E-state index is 13.3. The molecule has 2 nitrogen and oxygen atoms in total. The summed E-state index contributed by atoms with van der Waals surface area (Å²) in [6.07, 6.45) is 3.12. The van der Waals surface area contributed by atoms with E-state index in [1.807, 2.05) is 6.07 Å². The Bertz CT molecular complexity index is 442. The van der Waals surface area contributed by atoms with E-state index in [0.29, 0.717) is 6.54 Å². The van der Waals surface area contributed by atoms with Crippen LogP contribution >= 0.6 is 11.6 Å². The van der Waals surface area contributed by atoms with Crippen molar-refractivity contribution in [3.05, 3.63) is 34.6 Å². The molecule has 1 saturated heterocycles. The average Bonchev–Trinajstić information content (AvgIpc) is 2.34. The van der Waals surface area contributed by atoms with Gasteiger partial charge in [-0.15, -0.1) is 0 Å². The van der Waals surface area contributed by atoms with E-state index in [2.05, 4.69) is 11.0 Å². The number of hydrogen-bond donors (Lipinski definition) is 0. The molecule has 2 rings (SSSR count). The van der Waals surface area contributed by atoms with Crippen LogP contribution in [-0.2, 0) is 6.54 Å². The zero-order chi connectivity index (χ0) is 12.3. The summed E-state index contributed by atoms with van der Waals surface area (Å²) >= 11 is 5.64. The minimum absolute atomic E-state index is 0.0394. The Morgan fingerprint density at radius 2 is 2.29 bits per heavy atom. The van der Waals surface area contributed by atoms with Crippen LogP contribution < -0.4 is 0 Å².